The highest BCUT2D eigenvalue weighted by atomic mass is 16.7. The number of hydrogen-bond donors (Lipinski definition) is 1. The van der Waals surface area contributed by atoms with Gasteiger partial charge < -0.3 is 19.2 Å². The van der Waals surface area contributed by atoms with E-state index in [4.69, 9.17) is 9.52 Å². The van der Waals surface area contributed by atoms with Crippen LogP contribution in [-0.2, 0) is 13.1 Å². The van der Waals surface area contributed by atoms with Crippen LogP contribution in [-0.4, -0.2) is 16.2 Å². The molecule has 2 aromatic carbocycles. The van der Waals surface area contributed by atoms with Gasteiger partial charge in [0, 0.05) is 13.1 Å². The van der Waals surface area contributed by atoms with Gasteiger partial charge in [-0.2, -0.15) is 4.98 Å². The third-order valence-corrected chi connectivity index (χ3v) is 3.37. The number of benzene rings is 2. The molecule has 122 valence electrons. The van der Waals surface area contributed by atoms with Gasteiger partial charge in [-0.25, -0.2) is 4.79 Å². The topological polar surface area (TPSA) is 75.8 Å². The summed E-state index contributed by atoms with van der Waals surface area (Å²) in [5, 5.41) is 8.67. The monoisotopic (exact) mass is 324 g/mol. The largest absolute Gasteiger partial charge is 0.512 e. The molecule has 0 fully saturated rings. The van der Waals surface area contributed by atoms with Gasteiger partial charge in [0.2, 0.25) is 0 Å². The average molecular weight is 324 g/mol. The second kappa shape index (κ2) is 7.32. The summed E-state index contributed by atoms with van der Waals surface area (Å²) in [4.78, 5) is 16.6. The van der Waals surface area contributed by atoms with E-state index in [1.165, 1.54) is 6.26 Å². The van der Waals surface area contributed by atoms with Crippen molar-refractivity contribution in [1.29, 1.82) is 0 Å². The molecule has 1 N–H and O–H groups in total. The highest BCUT2D eigenvalue weighted by Gasteiger charge is 2.16. The molecule has 6 nitrogen and oxygen atoms in total. The van der Waals surface area contributed by atoms with Gasteiger partial charge in [-0.15, -0.1) is 0 Å². The summed E-state index contributed by atoms with van der Waals surface area (Å²) >= 11 is 0. The number of carboxylic acid groups (broad SMARTS) is 1. The summed E-state index contributed by atoms with van der Waals surface area (Å²) in [6.07, 6.45) is -0.237. The maximum Gasteiger partial charge on any atom is 0.512 e. The normalized spacial score (nSPS) is 10.3. The molecule has 0 unspecified atom stereocenters. The fraction of sp³-hybridized carbons (Fsp3) is 0.111. The van der Waals surface area contributed by atoms with Crippen molar-refractivity contribution < 1.29 is 19.1 Å². The van der Waals surface area contributed by atoms with E-state index in [1.54, 1.807) is 0 Å². The summed E-state index contributed by atoms with van der Waals surface area (Å²) in [5.41, 5.74) is 2.18. The van der Waals surface area contributed by atoms with Crippen molar-refractivity contribution >= 4 is 12.2 Å². The van der Waals surface area contributed by atoms with E-state index in [0.717, 1.165) is 11.1 Å². The van der Waals surface area contributed by atoms with Crippen LogP contribution < -0.4 is 9.64 Å². The highest BCUT2D eigenvalue weighted by molar-refractivity contribution is 5.60. The van der Waals surface area contributed by atoms with Crippen molar-refractivity contribution in [1.82, 2.24) is 4.98 Å². The smallest absolute Gasteiger partial charge is 0.449 e. The molecule has 3 aromatic rings. The van der Waals surface area contributed by atoms with Gasteiger partial charge in [0.15, 0.2) is 6.26 Å². The van der Waals surface area contributed by atoms with E-state index >= 15 is 0 Å². The lowest BCUT2D eigenvalue weighted by Crippen LogP contribution is -2.22. The molecule has 6 heteroatoms. The summed E-state index contributed by atoms with van der Waals surface area (Å²) in [5.74, 6) is -0.0800. The quantitative estimate of drug-likeness (QED) is 0.692. The maximum atomic E-state index is 10.6. The Balaban J connectivity index is 1.83. The Hall–Kier alpha value is -3.28. The molecular formula is C18H16N2O4. The van der Waals surface area contributed by atoms with E-state index in [2.05, 4.69) is 9.72 Å². The molecule has 0 spiro atoms. The SMILES string of the molecule is O=C(O)Oc1coc(N(Cc2ccccc2)Cc2ccccc2)n1. The van der Waals surface area contributed by atoms with E-state index in [9.17, 15) is 4.79 Å². The molecule has 0 aliphatic carbocycles. The number of aromatic nitrogens is 1. The van der Waals surface area contributed by atoms with E-state index < -0.39 is 6.16 Å². The maximum absolute atomic E-state index is 10.6. The third-order valence-electron chi connectivity index (χ3n) is 3.37. The molecule has 0 aliphatic heterocycles. The number of hydrogen-bond acceptors (Lipinski definition) is 5. The second-order valence-electron chi connectivity index (χ2n) is 5.16. The second-order valence-corrected chi connectivity index (χ2v) is 5.16. The van der Waals surface area contributed by atoms with Gasteiger partial charge in [-0.05, 0) is 11.1 Å². The molecule has 0 atom stereocenters. The molecule has 0 amide bonds. The summed E-state index contributed by atoms with van der Waals surface area (Å²) in [6.45, 7) is 1.14. The lowest BCUT2D eigenvalue weighted by molar-refractivity contribution is 0.142. The van der Waals surface area contributed by atoms with Crippen LogP contribution in [0.15, 0.2) is 71.3 Å². The Kier molecular flexibility index (Phi) is 4.76. The minimum Gasteiger partial charge on any atom is -0.449 e. The number of rotatable bonds is 6. The zero-order valence-corrected chi connectivity index (χ0v) is 12.8. The lowest BCUT2D eigenvalue weighted by Gasteiger charge is -2.20. The zero-order valence-electron chi connectivity index (χ0n) is 12.8. The van der Waals surface area contributed by atoms with E-state index in [1.807, 2.05) is 65.6 Å². The van der Waals surface area contributed by atoms with Crippen molar-refractivity contribution in [2.24, 2.45) is 0 Å². The van der Waals surface area contributed by atoms with Gasteiger partial charge in [0.25, 0.3) is 5.88 Å². The molecule has 0 aliphatic rings. The first-order valence-electron chi connectivity index (χ1n) is 7.40. The third kappa shape index (κ3) is 4.13. The first-order valence-corrected chi connectivity index (χ1v) is 7.40. The minimum absolute atomic E-state index is 0.0800. The van der Waals surface area contributed by atoms with Crippen molar-refractivity contribution in [3.8, 4) is 5.88 Å². The predicted octanol–water partition coefficient (Wildman–Crippen LogP) is 3.94. The Bertz CT molecular complexity index is 746. The minimum atomic E-state index is -1.42. The molecule has 1 heterocycles. The number of nitrogens with zero attached hydrogens (tertiary/aromatic N) is 2. The van der Waals surface area contributed by atoms with Gasteiger partial charge >= 0.3 is 12.2 Å². The number of ether oxygens (including phenoxy) is 1. The van der Waals surface area contributed by atoms with Crippen LogP contribution in [0.1, 0.15) is 11.1 Å². The molecule has 0 saturated carbocycles. The van der Waals surface area contributed by atoms with E-state index in [-0.39, 0.29) is 5.88 Å². The van der Waals surface area contributed by atoms with Crippen molar-refractivity contribution in [3.05, 3.63) is 78.1 Å². The molecule has 24 heavy (non-hydrogen) atoms. The molecule has 0 saturated heterocycles. The van der Waals surface area contributed by atoms with Crippen molar-refractivity contribution in [3.63, 3.8) is 0 Å². The average Bonchev–Trinajstić information content (AvgIpc) is 3.04. The van der Waals surface area contributed by atoms with Crippen LogP contribution in [0.3, 0.4) is 0 Å². The van der Waals surface area contributed by atoms with Crippen LogP contribution in [0.2, 0.25) is 0 Å². The van der Waals surface area contributed by atoms with Gasteiger partial charge in [0.1, 0.15) is 0 Å². The Labute approximate surface area is 138 Å². The van der Waals surface area contributed by atoms with Crippen LogP contribution in [0.4, 0.5) is 10.8 Å². The first-order chi connectivity index (χ1) is 11.7. The summed E-state index contributed by atoms with van der Waals surface area (Å²) in [6, 6.07) is 20.1. The highest BCUT2D eigenvalue weighted by Crippen LogP contribution is 2.22. The Morgan fingerprint density at radius 3 is 2.04 bits per heavy atom. The fourth-order valence-corrected chi connectivity index (χ4v) is 2.33. The van der Waals surface area contributed by atoms with Crippen molar-refractivity contribution in [2.45, 2.75) is 13.1 Å². The van der Waals surface area contributed by atoms with Crippen LogP contribution in [0.25, 0.3) is 0 Å². The number of oxazole rings is 1. The molecule has 0 bridgehead atoms. The van der Waals surface area contributed by atoms with E-state index in [0.29, 0.717) is 19.1 Å². The number of carbonyl (C=O) groups is 1. The fourth-order valence-electron chi connectivity index (χ4n) is 2.33. The summed E-state index contributed by atoms with van der Waals surface area (Å²) < 4.78 is 9.93. The van der Waals surface area contributed by atoms with Gasteiger partial charge in [-0.3, -0.25) is 0 Å². The van der Waals surface area contributed by atoms with Crippen LogP contribution in [0.5, 0.6) is 5.88 Å². The summed E-state index contributed by atoms with van der Waals surface area (Å²) in [7, 11) is 0. The zero-order chi connectivity index (χ0) is 16.8. The molecular weight excluding hydrogens is 308 g/mol. The van der Waals surface area contributed by atoms with Crippen LogP contribution in [0, 0.1) is 0 Å². The van der Waals surface area contributed by atoms with Crippen molar-refractivity contribution in [2.75, 3.05) is 4.90 Å². The predicted molar refractivity (Wildman–Crippen MR) is 87.9 cm³/mol. The Morgan fingerprint density at radius 1 is 1.00 bits per heavy atom. The number of anilines is 1. The standard InChI is InChI=1S/C18H16N2O4/c21-18(22)24-16-13-23-17(19-16)20(11-14-7-3-1-4-8-14)12-15-9-5-2-6-10-15/h1-10,13H,11-12H2,(H,21,22). The molecule has 0 radical (unpaired) electrons. The lowest BCUT2D eigenvalue weighted by atomic mass is 10.2. The van der Waals surface area contributed by atoms with Crippen LogP contribution >= 0.6 is 0 Å². The Morgan fingerprint density at radius 2 is 1.54 bits per heavy atom. The molecule has 1 aromatic heterocycles. The van der Waals surface area contributed by atoms with Gasteiger partial charge in [-0.1, -0.05) is 60.7 Å². The first kappa shape index (κ1) is 15.6. The molecule has 3 rings (SSSR count). The van der Waals surface area contributed by atoms with Gasteiger partial charge in [0.05, 0.1) is 0 Å².